The minimum absolute atomic E-state index is 0.0379. The minimum atomic E-state index is -4.47. The molecule has 4 rings (SSSR count). The molecule has 0 fully saturated rings. The van der Waals surface area contributed by atoms with E-state index in [2.05, 4.69) is 10.4 Å². The zero-order valence-electron chi connectivity index (χ0n) is 21.9. The lowest BCUT2D eigenvalue weighted by molar-refractivity contribution is -0.137. The van der Waals surface area contributed by atoms with Crippen molar-refractivity contribution in [1.29, 1.82) is 0 Å². The maximum Gasteiger partial charge on any atom is 0.416 e. The van der Waals surface area contributed by atoms with Gasteiger partial charge in [-0.1, -0.05) is 12.1 Å². The van der Waals surface area contributed by atoms with Crippen LogP contribution in [0.25, 0.3) is 0 Å². The van der Waals surface area contributed by atoms with Gasteiger partial charge in [-0.3, -0.25) is 4.79 Å². The number of carbonyl (C=O) groups is 1. The van der Waals surface area contributed by atoms with E-state index < -0.39 is 17.6 Å². The first-order valence-corrected chi connectivity index (χ1v) is 12.5. The Hall–Kier alpha value is -4.67. The lowest BCUT2D eigenvalue weighted by Gasteiger charge is -2.13. The quantitative estimate of drug-likeness (QED) is 0.213. The van der Waals surface area contributed by atoms with E-state index in [4.69, 9.17) is 18.9 Å². The fourth-order valence-electron chi connectivity index (χ4n) is 3.64. The molecular formula is C29H28F3N3O5. The lowest BCUT2D eigenvalue weighted by Crippen LogP contribution is -2.14. The van der Waals surface area contributed by atoms with Gasteiger partial charge >= 0.3 is 6.18 Å². The van der Waals surface area contributed by atoms with Gasteiger partial charge in [0.25, 0.3) is 5.91 Å². The van der Waals surface area contributed by atoms with Gasteiger partial charge in [-0.05, 0) is 80.1 Å². The van der Waals surface area contributed by atoms with Crippen molar-refractivity contribution in [3.05, 3.63) is 95.8 Å². The first-order chi connectivity index (χ1) is 19.2. The van der Waals surface area contributed by atoms with Crippen molar-refractivity contribution in [2.45, 2.75) is 33.4 Å². The highest BCUT2D eigenvalue weighted by atomic mass is 19.4. The number of nitrogens with zero attached hydrogens (tertiary/aromatic N) is 2. The summed E-state index contributed by atoms with van der Waals surface area (Å²) in [6.45, 7) is 5.03. The molecule has 0 atom stereocenters. The Balaban J connectivity index is 1.29. The summed E-state index contributed by atoms with van der Waals surface area (Å²) < 4.78 is 62.4. The second kappa shape index (κ2) is 12.9. The lowest BCUT2D eigenvalue weighted by atomic mass is 10.2. The number of carbonyl (C=O) groups excluding carboxylic acids is 1. The number of halogens is 3. The van der Waals surface area contributed by atoms with Crippen LogP contribution in [0.3, 0.4) is 0 Å². The van der Waals surface area contributed by atoms with Crippen molar-refractivity contribution >= 4 is 11.6 Å². The second-order valence-electron chi connectivity index (χ2n) is 8.45. The van der Waals surface area contributed by atoms with Gasteiger partial charge in [0.15, 0.2) is 23.9 Å². The number of alkyl halides is 3. The highest BCUT2D eigenvalue weighted by molar-refractivity contribution is 6.02. The molecule has 40 heavy (non-hydrogen) atoms. The van der Waals surface area contributed by atoms with Crippen molar-refractivity contribution in [3.63, 3.8) is 0 Å². The molecule has 1 heterocycles. The van der Waals surface area contributed by atoms with Gasteiger partial charge < -0.3 is 24.3 Å². The molecule has 1 N–H and O–H groups in total. The fraction of sp³-hybridized carbons (Fsp3) is 0.241. The normalized spacial score (nSPS) is 11.1. The Morgan fingerprint density at radius 2 is 1.60 bits per heavy atom. The average molecular weight is 556 g/mol. The Labute approximate surface area is 229 Å². The maximum atomic E-state index is 12.9. The molecule has 4 aromatic rings. The van der Waals surface area contributed by atoms with Crippen molar-refractivity contribution in [2.24, 2.45) is 0 Å². The van der Waals surface area contributed by atoms with Gasteiger partial charge in [-0.15, -0.1) is 0 Å². The summed E-state index contributed by atoms with van der Waals surface area (Å²) in [5.41, 5.74) is 0.756. The van der Waals surface area contributed by atoms with Crippen LogP contribution in [0.1, 0.15) is 35.5 Å². The van der Waals surface area contributed by atoms with Gasteiger partial charge in [0.05, 0.1) is 18.8 Å². The third-order valence-electron chi connectivity index (χ3n) is 5.52. The van der Waals surface area contributed by atoms with E-state index in [0.29, 0.717) is 42.8 Å². The molecule has 3 aromatic carbocycles. The van der Waals surface area contributed by atoms with Gasteiger partial charge in [0, 0.05) is 11.9 Å². The Bertz CT molecular complexity index is 1420. The first-order valence-electron chi connectivity index (χ1n) is 12.5. The van der Waals surface area contributed by atoms with Crippen LogP contribution in [0.5, 0.6) is 23.0 Å². The SMILES string of the molecule is CCOc1ccc(COc2ccc(NC(=O)c3ccn(COc4cccc(C(F)(F)F)c4)n3)cc2)cc1OCC. The topological polar surface area (TPSA) is 83.8 Å². The monoisotopic (exact) mass is 555 g/mol. The highest BCUT2D eigenvalue weighted by Crippen LogP contribution is 2.31. The van der Waals surface area contributed by atoms with Crippen LogP contribution in [0, 0.1) is 0 Å². The fourth-order valence-corrected chi connectivity index (χ4v) is 3.64. The minimum Gasteiger partial charge on any atom is -0.490 e. The molecule has 8 nitrogen and oxygen atoms in total. The number of rotatable bonds is 12. The van der Waals surface area contributed by atoms with Gasteiger partial charge in [-0.25, -0.2) is 4.68 Å². The molecule has 0 aliphatic rings. The molecule has 0 aliphatic heterocycles. The summed E-state index contributed by atoms with van der Waals surface area (Å²) >= 11 is 0. The Morgan fingerprint density at radius 1 is 0.850 bits per heavy atom. The van der Waals surface area contributed by atoms with Crippen LogP contribution < -0.4 is 24.3 Å². The number of aromatic nitrogens is 2. The number of benzene rings is 3. The molecule has 0 unspecified atom stereocenters. The van der Waals surface area contributed by atoms with E-state index in [1.54, 1.807) is 24.3 Å². The molecule has 0 bridgehead atoms. The molecule has 1 aromatic heterocycles. The van der Waals surface area contributed by atoms with Crippen LogP contribution in [0.4, 0.5) is 18.9 Å². The average Bonchev–Trinajstić information content (AvgIpc) is 3.42. The molecule has 0 spiro atoms. The largest absolute Gasteiger partial charge is 0.490 e. The predicted octanol–water partition coefficient (Wildman–Crippen LogP) is 6.57. The van der Waals surface area contributed by atoms with Crippen molar-refractivity contribution in [1.82, 2.24) is 9.78 Å². The summed E-state index contributed by atoms with van der Waals surface area (Å²) in [5.74, 6) is 1.54. The van der Waals surface area contributed by atoms with Crippen LogP contribution in [-0.2, 0) is 19.5 Å². The van der Waals surface area contributed by atoms with Crippen LogP contribution in [0.2, 0.25) is 0 Å². The second-order valence-corrected chi connectivity index (χ2v) is 8.45. The number of hydrogen-bond donors (Lipinski definition) is 1. The Kier molecular flexibility index (Phi) is 9.15. The summed E-state index contributed by atoms with van der Waals surface area (Å²) in [5, 5.41) is 6.87. The molecule has 0 radical (unpaired) electrons. The van der Waals surface area contributed by atoms with Crippen LogP contribution in [0.15, 0.2) is 79.0 Å². The molecule has 0 aliphatic carbocycles. The molecule has 1 amide bonds. The van der Waals surface area contributed by atoms with E-state index in [1.807, 2.05) is 32.0 Å². The molecule has 0 saturated heterocycles. The summed E-state index contributed by atoms with van der Waals surface area (Å²) in [4.78, 5) is 12.6. The highest BCUT2D eigenvalue weighted by Gasteiger charge is 2.30. The van der Waals surface area contributed by atoms with E-state index >= 15 is 0 Å². The number of hydrogen-bond acceptors (Lipinski definition) is 6. The predicted molar refractivity (Wildman–Crippen MR) is 142 cm³/mol. The van der Waals surface area contributed by atoms with Crippen molar-refractivity contribution in [2.75, 3.05) is 18.5 Å². The van der Waals surface area contributed by atoms with Gasteiger partial charge in [0.1, 0.15) is 18.1 Å². The first kappa shape index (κ1) is 28.3. The number of anilines is 1. The number of amides is 1. The molecule has 11 heteroatoms. The smallest absolute Gasteiger partial charge is 0.416 e. The summed E-state index contributed by atoms with van der Waals surface area (Å²) in [6.07, 6.45) is -2.97. The van der Waals surface area contributed by atoms with Crippen molar-refractivity contribution < 1.29 is 36.9 Å². The molecular weight excluding hydrogens is 527 g/mol. The standard InChI is InChI=1S/C29H28F3N3O5/c1-3-37-26-13-8-20(16-27(26)38-4-2)18-39-23-11-9-22(10-12-23)33-28(36)25-14-15-35(34-25)19-40-24-7-5-6-21(17-24)29(30,31)32/h5-17H,3-4,18-19H2,1-2H3,(H,33,36). The van der Waals surface area contributed by atoms with Crippen molar-refractivity contribution in [3.8, 4) is 23.0 Å². The number of ether oxygens (including phenoxy) is 4. The van der Waals surface area contributed by atoms with Gasteiger partial charge in [0.2, 0.25) is 0 Å². The summed E-state index contributed by atoms with van der Waals surface area (Å²) in [7, 11) is 0. The van der Waals surface area contributed by atoms with Gasteiger partial charge in [-0.2, -0.15) is 18.3 Å². The van der Waals surface area contributed by atoms with E-state index in [9.17, 15) is 18.0 Å². The Morgan fingerprint density at radius 3 is 2.33 bits per heavy atom. The maximum absolute atomic E-state index is 12.9. The zero-order valence-corrected chi connectivity index (χ0v) is 21.9. The van der Waals surface area contributed by atoms with E-state index in [-0.39, 0.29) is 18.2 Å². The van der Waals surface area contributed by atoms with Crippen LogP contribution in [-0.4, -0.2) is 28.9 Å². The van der Waals surface area contributed by atoms with E-state index in [0.717, 1.165) is 17.7 Å². The molecule has 0 saturated carbocycles. The molecule has 210 valence electrons. The third kappa shape index (κ3) is 7.68. The zero-order chi connectivity index (χ0) is 28.5. The third-order valence-corrected chi connectivity index (χ3v) is 5.52. The van der Waals surface area contributed by atoms with Crippen LogP contribution >= 0.6 is 0 Å². The van der Waals surface area contributed by atoms with E-state index in [1.165, 1.54) is 29.1 Å². The summed E-state index contributed by atoms with van der Waals surface area (Å²) in [6, 6.07) is 18.5. The number of nitrogens with one attached hydrogen (secondary N) is 1.